The van der Waals surface area contributed by atoms with Crippen LogP contribution in [0.3, 0.4) is 0 Å². The number of rotatable bonds is 6. The minimum absolute atomic E-state index is 0.0789. The fraction of sp³-hybridized carbons (Fsp3) is 0.667. The van der Waals surface area contributed by atoms with Crippen LogP contribution in [0.25, 0.3) is 0 Å². The topological polar surface area (TPSA) is 30.5 Å². The molecule has 0 aromatic heterocycles. The maximum Gasteiger partial charge on any atom is 0.118 e. The maximum absolute atomic E-state index is 6.06. The molecule has 118 valence electrons. The van der Waals surface area contributed by atoms with Gasteiger partial charge in [-0.05, 0) is 50.3 Å². The summed E-state index contributed by atoms with van der Waals surface area (Å²) in [6, 6.07) is 9.23. The van der Waals surface area contributed by atoms with Gasteiger partial charge in [0.05, 0.1) is 12.7 Å². The SMILES string of the molecule is CCC1(CC)CC(NC(C)c2ccc(OC)cc2)CCO1. The fourth-order valence-electron chi connectivity index (χ4n) is 3.26. The van der Waals surface area contributed by atoms with Crippen LogP contribution in [-0.4, -0.2) is 25.4 Å². The highest BCUT2D eigenvalue weighted by molar-refractivity contribution is 5.28. The third kappa shape index (κ3) is 3.98. The van der Waals surface area contributed by atoms with Gasteiger partial charge in [-0.15, -0.1) is 0 Å². The molecule has 1 heterocycles. The molecule has 2 rings (SSSR count). The lowest BCUT2D eigenvalue weighted by molar-refractivity contribution is -0.0939. The van der Waals surface area contributed by atoms with Crippen molar-refractivity contribution in [2.24, 2.45) is 0 Å². The van der Waals surface area contributed by atoms with Crippen molar-refractivity contribution in [1.82, 2.24) is 5.32 Å². The van der Waals surface area contributed by atoms with Gasteiger partial charge in [0.25, 0.3) is 0 Å². The van der Waals surface area contributed by atoms with Gasteiger partial charge in [-0.1, -0.05) is 26.0 Å². The lowest BCUT2D eigenvalue weighted by atomic mass is 9.85. The zero-order valence-corrected chi connectivity index (χ0v) is 13.8. The Hall–Kier alpha value is -1.06. The van der Waals surface area contributed by atoms with Gasteiger partial charge in [-0.3, -0.25) is 0 Å². The molecule has 1 saturated heterocycles. The van der Waals surface area contributed by atoms with Crippen LogP contribution in [0.1, 0.15) is 58.1 Å². The van der Waals surface area contributed by atoms with E-state index in [0.29, 0.717) is 12.1 Å². The Kier molecular flexibility index (Phi) is 5.65. The predicted octanol–water partition coefficient (Wildman–Crippen LogP) is 4.08. The van der Waals surface area contributed by atoms with Gasteiger partial charge in [0.2, 0.25) is 0 Å². The third-order valence-electron chi connectivity index (χ3n) is 4.88. The highest BCUT2D eigenvalue weighted by atomic mass is 16.5. The van der Waals surface area contributed by atoms with E-state index in [0.717, 1.165) is 38.0 Å². The molecule has 3 nitrogen and oxygen atoms in total. The molecule has 0 bridgehead atoms. The van der Waals surface area contributed by atoms with Crippen LogP contribution >= 0.6 is 0 Å². The molecule has 1 fully saturated rings. The predicted molar refractivity (Wildman–Crippen MR) is 86.8 cm³/mol. The van der Waals surface area contributed by atoms with Crippen molar-refractivity contribution < 1.29 is 9.47 Å². The van der Waals surface area contributed by atoms with Gasteiger partial charge < -0.3 is 14.8 Å². The van der Waals surface area contributed by atoms with Crippen molar-refractivity contribution in [1.29, 1.82) is 0 Å². The van der Waals surface area contributed by atoms with Crippen LogP contribution in [0.4, 0.5) is 0 Å². The summed E-state index contributed by atoms with van der Waals surface area (Å²) in [4.78, 5) is 0. The largest absolute Gasteiger partial charge is 0.497 e. The average molecular weight is 291 g/mol. The number of hydrogen-bond acceptors (Lipinski definition) is 3. The van der Waals surface area contributed by atoms with E-state index in [1.54, 1.807) is 7.11 Å². The summed E-state index contributed by atoms with van der Waals surface area (Å²) in [5.74, 6) is 0.910. The number of ether oxygens (including phenoxy) is 2. The van der Waals surface area contributed by atoms with E-state index in [1.807, 2.05) is 12.1 Å². The third-order valence-corrected chi connectivity index (χ3v) is 4.88. The molecule has 1 aromatic carbocycles. The summed E-state index contributed by atoms with van der Waals surface area (Å²) in [7, 11) is 1.70. The van der Waals surface area contributed by atoms with Gasteiger partial charge in [0, 0.05) is 18.7 Å². The van der Waals surface area contributed by atoms with Gasteiger partial charge in [0.1, 0.15) is 5.75 Å². The quantitative estimate of drug-likeness (QED) is 0.856. The molecule has 2 unspecified atom stereocenters. The second kappa shape index (κ2) is 7.28. The average Bonchev–Trinajstić information content (AvgIpc) is 2.55. The lowest BCUT2D eigenvalue weighted by Gasteiger charge is -2.41. The summed E-state index contributed by atoms with van der Waals surface area (Å²) >= 11 is 0. The first-order chi connectivity index (χ1) is 10.1. The Morgan fingerprint density at radius 2 is 1.95 bits per heavy atom. The van der Waals surface area contributed by atoms with Crippen LogP contribution in [0.2, 0.25) is 0 Å². The number of methoxy groups -OCH3 is 1. The van der Waals surface area contributed by atoms with E-state index < -0.39 is 0 Å². The molecule has 1 N–H and O–H groups in total. The molecular weight excluding hydrogens is 262 g/mol. The fourth-order valence-corrected chi connectivity index (χ4v) is 3.26. The van der Waals surface area contributed by atoms with Crippen molar-refractivity contribution in [2.75, 3.05) is 13.7 Å². The molecule has 1 aliphatic heterocycles. The second-order valence-corrected chi connectivity index (χ2v) is 6.09. The molecule has 0 saturated carbocycles. The van der Waals surface area contributed by atoms with Gasteiger partial charge in [-0.2, -0.15) is 0 Å². The summed E-state index contributed by atoms with van der Waals surface area (Å²) in [5.41, 5.74) is 1.39. The van der Waals surface area contributed by atoms with Crippen molar-refractivity contribution in [3.05, 3.63) is 29.8 Å². The monoisotopic (exact) mass is 291 g/mol. The van der Waals surface area contributed by atoms with Gasteiger partial charge in [-0.25, -0.2) is 0 Å². The molecule has 1 aromatic rings. The van der Waals surface area contributed by atoms with Crippen LogP contribution in [0.5, 0.6) is 5.75 Å². The normalized spacial score (nSPS) is 22.8. The standard InChI is InChI=1S/C18H29NO2/c1-5-18(6-2)13-16(11-12-21-18)19-14(3)15-7-9-17(20-4)10-8-15/h7-10,14,16,19H,5-6,11-13H2,1-4H3. The number of nitrogens with one attached hydrogen (secondary N) is 1. The summed E-state index contributed by atoms with van der Waals surface area (Å²) in [6.07, 6.45) is 4.40. The van der Waals surface area contributed by atoms with E-state index in [9.17, 15) is 0 Å². The minimum atomic E-state index is 0.0789. The zero-order chi connectivity index (χ0) is 15.3. The lowest BCUT2D eigenvalue weighted by Crippen LogP contribution is -2.47. The first-order valence-corrected chi connectivity index (χ1v) is 8.16. The minimum Gasteiger partial charge on any atom is -0.497 e. The van der Waals surface area contributed by atoms with Crippen molar-refractivity contribution >= 4 is 0 Å². The maximum atomic E-state index is 6.06. The summed E-state index contributed by atoms with van der Waals surface area (Å²) in [5, 5.41) is 3.78. The molecule has 0 aliphatic carbocycles. The van der Waals surface area contributed by atoms with Crippen LogP contribution in [0, 0.1) is 0 Å². The number of hydrogen-bond donors (Lipinski definition) is 1. The first kappa shape index (κ1) is 16.3. The summed E-state index contributed by atoms with van der Waals surface area (Å²) < 4.78 is 11.3. The van der Waals surface area contributed by atoms with Gasteiger partial charge >= 0.3 is 0 Å². The second-order valence-electron chi connectivity index (χ2n) is 6.09. The first-order valence-electron chi connectivity index (χ1n) is 8.16. The highest BCUT2D eigenvalue weighted by Gasteiger charge is 2.34. The molecule has 3 heteroatoms. The van der Waals surface area contributed by atoms with E-state index in [2.05, 4.69) is 38.2 Å². The van der Waals surface area contributed by atoms with E-state index in [-0.39, 0.29) is 5.60 Å². The Morgan fingerprint density at radius 3 is 2.52 bits per heavy atom. The Balaban J connectivity index is 1.96. The molecule has 0 amide bonds. The van der Waals surface area contributed by atoms with E-state index >= 15 is 0 Å². The Labute approximate surface area is 129 Å². The van der Waals surface area contributed by atoms with Gasteiger partial charge in [0.15, 0.2) is 0 Å². The van der Waals surface area contributed by atoms with E-state index in [1.165, 1.54) is 5.56 Å². The molecule has 0 spiro atoms. The molecule has 2 atom stereocenters. The zero-order valence-electron chi connectivity index (χ0n) is 13.8. The van der Waals surface area contributed by atoms with E-state index in [4.69, 9.17) is 9.47 Å². The molecular formula is C18H29NO2. The Bertz CT molecular complexity index is 425. The van der Waals surface area contributed by atoms with Crippen molar-refractivity contribution in [2.45, 2.75) is 64.1 Å². The molecule has 0 radical (unpaired) electrons. The highest BCUT2D eigenvalue weighted by Crippen LogP contribution is 2.32. The summed E-state index contributed by atoms with van der Waals surface area (Å²) in [6.45, 7) is 7.57. The van der Waals surface area contributed by atoms with Crippen molar-refractivity contribution in [3.8, 4) is 5.75 Å². The number of benzene rings is 1. The smallest absolute Gasteiger partial charge is 0.118 e. The van der Waals surface area contributed by atoms with Crippen molar-refractivity contribution in [3.63, 3.8) is 0 Å². The van der Waals surface area contributed by atoms with Crippen LogP contribution in [0.15, 0.2) is 24.3 Å². The van der Waals surface area contributed by atoms with Crippen LogP contribution < -0.4 is 10.1 Å². The molecule has 1 aliphatic rings. The molecule has 21 heavy (non-hydrogen) atoms. The Morgan fingerprint density at radius 1 is 1.29 bits per heavy atom. The van der Waals surface area contributed by atoms with Crippen LogP contribution in [-0.2, 0) is 4.74 Å².